The van der Waals surface area contributed by atoms with E-state index >= 15 is 0 Å². The molecule has 2 aliphatic carbocycles. The summed E-state index contributed by atoms with van der Waals surface area (Å²) in [5.41, 5.74) is 0. The van der Waals surface area contributed by atoms with Gasteiger partial charge in [0.05, 0.1) is 17.9 Å². The summed E-state index contributed by atoms with van der Waals surface area (Å²) in [5.74, 6) is -1.74. The average Bonchev–Trinajstić information content (AvgIpc) is 3.02. The molecule has 2 saturated carbocycles. The van der Waals surface area contributed by atoms with E-state index in [1.54, 1.807) is 0 Å². The number of aliphatic hydroxyl groups excluding tert-OH is 1. The topological polar surface area (TPSA) is 86.6 Å². The van der Waals surface area contributed by atoms with Gasteiger partial charge in [-0.1, -0.05) is 6.42 Å². The highest BCUT2D eigenvalue weighted by molar-refractivity contribution is 5.85. The molecule has 96 valence electrons. The lowest BCUT2D eigenvalue weighted by Gasteiger charge is -2.17. The van der Waals surface area contributed by atoms with Gasteiger partial charge in [0.1, 0.15) is 0 Å². The number of carboxylic acid groups (broad SMARTS) is 1. The number of hydrogen-bond acceptors (Lipinski definition) is 3. The summed E-state index contributed by atoms with van der Waals surface area (Å²) in [5, 5.41) is 21.3. The molecule has 2 fully saturated rings. The number of nitrogens with one attached hydrogen (secondary N) is 1. The summed E-state index contributed by atoms with van der Waals surface area (Å²) in [6.07, 6.45) is 3.60. The van der Waals surface area contributed by atoms with Crippen LogP contribution in [0.3, 0.4) is 0 Å². The zero-order valence-electron chi connectivity index (χ0n) is 9.76. The minimum atomic E-state index is -0.884. The van der Waals surface area contributed by atoms with E-state index in [1.807, 2.05) is 0 Å². The highest BCUT2D eigenvalue weighted by atomic mass is 16.4. The first-order valence-electron chi connectivity index (χ1n) is 6.28. The van der Waals surface area contributed by atoms with Gasteiger partial charge >= 0.3 is 5.97 Å². The Bertz CT molecular complexity index is 314. The molecule has 0 bridgehead atoms. The summed E-state index contributed by atoms with van der Waals surface area (Å²) in [7, 11) is 0. The Kier molecular flexibility index (Phi) is 3.66. The highest BCUT2D eigenvalue weighted by Gasteiger charge is 2.38. The molecule has 0 heterocycles. The van der Waals surface area contributed by atoms with E-state index in [0.29, 0.717) is 18.8 Å². The lowest BCUT2D eigenvalue weighted by Crippen LogP contribution is -2.39. The van der Waals surface area contributed by atoms with Crippen LogP contribution >= 0.6 is 0 Å². The van der Waals surface area contributed by atoms with Gasteiger partial charge in [0.2, 0.25) is 5.91 Å². The van der Waals surface area contributed by atoms with Gasteiger partial charge in [-0.25, -0.2) is 0 Å². The smallest absolute Gasteiger partial charge is 0.307 e. The molecule has 1 amide bonds. The Labute approximate surface area is 100 Å². The first kappa shape index (κ1) is 12.4. The summed E-state index contributed by atoms with van der Waals surface area (Å²) in [4.78, 5) is 22.8. The van der Waals surface area contributed by atoms with E-state index in [4.69, 9.17) is 5.11 Å². The molecular formula is C12H19NO4. The minimum Gasteiger partial charge on any atom is -0.481 e. The van der Waals surface area contributed by atoms with Crippen molar-refractivity contribution in [3.63, 3.8) is 0 Å². The number of rotatable bonds is 5. The molecule has 2 rings (SSSR count). The Morgan fingerprint density at radius 1 is 1.18 bits per heavy atom. The molecule has 2 aliphatic rings. The van der Waals surface area contributed by atoms with E-state index in [0.717, 1.165) is 19.3 Å². The van der Waals surface area contributed by atoms with Crippen molar-refractivity contribution in [2.75, 3.05) is 6.54 Å². The van der Waals surface area contributed by atoms with Gasteiger partial charge in [0.15, 0.2) is 0 Å². The van der Waals surface area contributed by atoms with Gasteiger partial charge in [0, 0.05) is 6.54 Å². The van der Waals surface area contributed by atoms with Crippen molar-refractivity contribution in [2.24, 2.45) is 17.8 Å². The van der Waals surface area contributed by atoms with Crippen molar-refractivity contribution < 1.29 is 19.8 Å². The van der Waals surface area contributed by atoms with Crippen molar-refractivity contribution >= 4 is 11.9 Å². The number of carbonyl (C=O) groups is 2. The second-order valence-electron chi connectivity index (χ2n) is 5.13. The molecule has 0 aromatic heterocycles. The Morgan fingerprint density at radius 2 is 1.82 bits per heavy atom. The lowest BCUT2D eigenvalue weighted by atomic mass is 9.95. The molecule has 0 aromatic carbocycles. The van der Waals surface area contributed by atoms with Crippen LogP contribution in [0.2, 0.25) is 0 Å². The second-order valence-corrected chi connectivity index (χ2v) is 5.13. The summed E-state index contributed by atoms with van der Waals surface area (Å²) < 4.78 is 0. The van der Waals surface area contributed by atoms with E-state index in [9.17, 15) is 14.7 Å². The van der Waals surface area contributed by atoms with Gasteiger partial charge in [-0.3, -0.25) is 9.59 Å². The molecule has 0 aromatic rings. The van der Waals surface area contributed by atoms with Crippen LogP contribution in [0.1, 0.15) is 32.1 Å². The van der Waals surface area contributed by atoms with Gasteiger partial charge < -0.3 is 15.5 Å². The first-order chi connectivity index (χ1) is 8.09. The molecule has 3 unspecified atom stereocenters. The number of carbonyl (C=O) groups excluding carboxylic acids is 1. The second kappa shape index (κ2) is 5.04. The Hall–Kier alpha value is -1.10. The summed E-state index contributed by atoms with van der Waals surface area (Å²) >= 11 is 0. The SMILES string of the molecule is O=C(O)C1CCCC1C(=O)NCC(O)C1CC1. The maximum absolute atomic E-state index is 11.8. The molecule has 3 atom stereocenters. The van der Waals surface area contributed by atoms with Crippen LogP contribution in [0.4, 0.5) is 0 Å². The maximum Gasteiger partial charge on any atom is 0.307 e. The fourth-order valence-electron chi connectivity index (χ4n) is 2.55. The quantitative estimate of drug-likeness (QED) is 0.649. The Morgan fingerprint density at radius 3 is 2.41 bits per heavy atom. The van der Waals surface area contributed by atoms with Gasteiger partial charge in [0.25, 0.3) is 0 Å². The molecule has 17 heavy (non-hydrogen) atoms. The van der Waals surface area contributed by atoms with E-state index in [-0.39, 0.29) is 12.5 Å². The lowest BCUT2D eigenvalue weighted by molar-refractivity contribution is -0.146. The number of amides is 1. The average molecular weight is 241 g/mol. The highest BCUT2D eigenvalue weighted by Crippen LogP contribution is 2.33. The van der Waals surface area contributed by atoms with Crippen LogP contribution in [0.15, 0.2) is 0 Å². The molecule has 0 saturated heterocycles. The molecule has 3 N–H and O–H groups in total. The number of aliphatic hydroxyl groups is 1. The van der Waals surface area contributed by atoms with Crippen molar-refractivity contribution in [1.82, 2.24) is 5.32 Å². The van der Waals surface area contributed by atoms with Gasteiger partial charge in [-0.05, 0) is 31.6 Å². The van der Waals surface area contributed by atoms with Crippen LogP contribution in [0, 0.1) is 17.8 Å². The third-order valence-corrected chi connectivity index (χ3v) is 3.82. The van der Waals surface area contributed by atoms with Crippen LogP contribution in [0.25, 0.3) is 0 Å². The number of aliphatic carboxylic acids is 1. The van der Waals surface area contributed by atoms with E-state index < -0.39 is 23.9 Å². The minimum absolute atomic E-state index is 0.213. The van der Waals surface area contributed by atoms with E-state index in [1.165, 1.54) is 0 Å². The van der Waals surface area contributed by atoms with Gasteiger partial charge in [-0.2, -0.15) is 0 Å². The normalized spacial score (nSPS) is 29.9. The standard InChI is InChI=1S/C12H19NO4/c14-10(7-4-5-7)6-13-11(15)8-2-1-3-9(8)12(16)17/h7-10,14H,1-6H2,(H,13,15)(H,16,17). The van der Waals surface area contributed by atoms with Crippen LogP contribution < -0.4 is 5.32 Å². The molecule has 5 heteroatoms. The Balaban J connectivity index is 1.80. The van der Waals surface area contributed by atoms with E-state index in [2.05, 4.69) is 5.32 Å². The predicted octanol–water partition coefficient (Wildman–Crippen LogP) is 0.374. The zero-order valence-corrected chi connectivity index (χ0v) is 9.76. The summed E-state index contributed by atoms with van der Waals surface area (Å²) in [6.45, 7) is 0.256. The van der Waals surface area contributed by atoms with Crippen LogP contribution in [-0.2, 0) is 9.59 Å². The zero-order chi connectivity index (χ0) is 12.4. The predicted molar refractivity (Wildman–Crippen MR) is 60.2 cm³/mol. The largest absolute Gasteiger partial charge is 0.481 e. The van der Waals surface area contributed by atoms with Crippen molar-refractivity contribution in [1.29, 1.82) is 0 Å². The molecule has 5 nitrogen and oxygen atoms in total. The number of hydrogen-bond donors (Lipinski definition) is 3. The van der Waals surface area contributed by atoms with Crippen molar-refractivity contribution in [2.45, 2.75) is 38.2 Å². The maximum atomic E-state index is 11.8. The number of carboxylic acids is 1. The first-order valence-corrected chi connectivity index (χ1v) is 6.28. The summed E-state index contributed by atoms with van der Waals surface area (Å²) in [6, 6.07) is 0. The van der Waals surface area contributed by atoms with Crippen molar-refractivity contribution in [3.8, 4) is 0 Å². The molecule has 0 spiro atoms. The molecule has 0 radical (unpaired) electrons. The van der Waals surface area contributed by atoms with Gasteiger partial charge in [-0.15, -0.1) is 0 Å². The monoisotopic (exact) mass is 241 g/mol. The third-order valence-electron chi connectivity index (χ3n) is 3.82. The third kappa shape index (κ3) is 2.97. The molecule has 0 aliphatic heterocycles. The fourth-order valence-corrected chi connectivity index (χ4v) is 2.55. The van der Waals surface area contributed by atoms with Crippen LogP contribution in [0.5, 0.6) is 0 Å². The van der Waals surface area contributed by atoms with Crippen molar-refractivity contribution in [3.05, 3.63) is 0 Å². The van der Waals surface area contributed by atoms with Crippen LogP contribution in [-0.4, -0.2) is 34.7 Å². The fraction of sp³-hybridized carbons (Fsp3) is 0.833. The molecular weight excluding hydrogens is 222 g/mol.